The zero-order valence-electron chi connectivity index (χ0n) is 7.93. The molecule has 2 atom stereocenters. The number of ether oxygens (including phenoxy) is 1. The molecular formula is C9H16N2O2. The predicted octanol–water partition coefficient (Wildman–Crippen LogP) is -0.641. The molecule has 0 aliphatic carbocycles. The fourth-order valence-electron chi connectivity index (χ4n) is 2.43. The van der Waals surface area contributed by atoms with Crippen LogP contribution in [0.3, 0.4) is 0 Å². The number of rotatable bonds is 1. The molecule has 74 valence electrons. The number of fused-ring (bicyclic) bond motifs is 1. The Hall–Kier alpha value is -0.610. The summed E-state index contributed by atoms with van der Waals surface area (Å²) in [4.78, 5) is 11.8. The third-order valence-corrected chi connectivity index (χ3v) is 3.30. The van der Waals surface area contributed by atoms with Crippen LogP contribution in [-0.2, 0) is 9.53 Å². The molecule has 1 amide bonds. The Kier molecular flexibility index (Phi) is 2.26. The van der Waals surface area contributed by atoms with Crippen molar-refractivity contribution in [1.82, 2.24) is 10.6 Å². The molecule has 2 saturated heterocycles. The van der Waals surface area contributed by atoms with Gasteiger partial charge in [0, 0.05) is 32.7 Å². The minimum atomic E-state index is -0.187. The molecule has 0 aromatic carbocycles. The van der Waals surface area contributed by atoms with Crippen LogP contribution >= 0.6 is 0 Å². The van der Waals surface area contributed by atoms with E-state index < -0.39 is 0 Å². The summed E-state index contributed by atoms with van der Waals surface area (Å²) in [7, 11) is 1.71. The summed E-state index contributed by atoms with van der Waals surface area (Å²) in [5.74, 6) is 0.534. The van der Waals surface area contributed by atoms with Gasteiger partial charge in [0.05, 0.1) is 12.0 Å². The molecule has 2 aliphatic rings. The molecule has 2 heterocycles. The molecular weight excluding hydrogens is 168 g/mol. The SMILES string of the molecule is CNC(=O)C12CCOCC1CNC2. The Morgan fingerprint density at radius 3 is 3.31 bits per heavy atom. The summed E-state index contributed by atoms with van der Waals surface area (Å²) >= 11 is 0. The van der Waals surface area contributed by atoms with Crippen molar-refractivity contribution in [2.45, 2.75) is 6.42 Å². The number of hydrogen-bond acceptors (Lipinski definition) is 3. The first kappa shape index (κ1) is 8.97. The van der Waals surface area contributed by atoms with E-state index in [2.05, 4.69) is 10.6 Å². The van der Waals surface area contributed by atoms with Gasteiger partial charge >= 0.3 is 0 Å². The fraction of sp³-hybridized carbons (Fsp3) is 0.889. The molecule has 2 rings (SSSR count). The zero-order chi connectivity index (χ0) is 9.31. The first-order valence-corrected chi connectivity index (χ1v) is 4.80. The van der Waals surface area contributed by atoms with Crippen molar-refractivity contribution in [3.05, 3.63) is 0 Å². The lowest BCUT2D eigenvalue weighted by Crippen LogP contribution is -2.49. The van der Waals surface area contributed by atoms with Gasteiger partial charge in [-0.3, -0.25) is 4.79 Å². The van der Waals surface area contributed by atoms with E-state index in [-0.39, 0.29) is 11.3 Å². The van der Waals surface area contributed by atoms with Crippen LogP contribution in [0.5, 0.6) is 0 Å². The Morgan fingerprint density at radius 1 is 1.69 bits per heavy atom. The van der Waals surface area contributed by atoms with Crippen LogP contribution in [0.15, 0.2) is 0 Å². The fourth-order valence-corrected chi connectivity index (χ4v) is 2.43. The molecule has 0 aromatic rings. The lowest BCUT2D eigenvalue weighted by molar-refractivity contribution is -0.138. The number of amides is 1. The molecule has 2 unspecified atom stereocenters. The summed E-state index contributed by atoms with van der Waals surface area (Å²) < 4.78 is 5.38. The molecule has 0 spiro atoms. The van der Waals surface area contributed by atoms with Crippen molar-refractivity contribution >= 4 is 5.91 Å². The maximum Gasteiger partial charge on any atom is 0.227 e. The summed E-state index contributed by atoms with van der Waals surface area (Å²) in [6.07, 6.45) is 0.852. The third-order valence-electron chi connectivity index (χ3n) is 3.30. The molecule has 2 N–H and O–H groups in total. The van der Waals surface area contributed by atoms with E-state index in [9.17, 15) is 4.79 Å². The highest BCUT2D eigenvalue weighted by molar-refractivity contribution is 5.83. The van der Waals surface area contributed by atoms with E-state index in [1.807, 2.05) is 0 Å². The maximum atomic E-state index is 11.8. The second-order valence-electron chi connectivity index (χ2n) is 3.89. The Labute approximate surface area is 78.0 Å². The quantitative estimate of drug-likeness (QED) is 0.570. The van der Waals surface area contributed by atoms with Crippen molar-refractivity contribution in [3.63, 3.8) is 0 Å². The second kappa shape index (κ2) is 3.27. The first-order chi connectivity index (χ1) is 6.29. The largest absolute Gasteiger partial charge is 0.381 e. The number of nitrogens with one attached hydrogen (secondary N) is 2. The van der Waals surface area contributed by atoms with Crippen molar-refractivity contribution < 1.29 is 9.53 Å². The molecule has 0 radical (unpaired) electrons. The van der Waals surface area contributed by atoms with Crippen molar-refractivity contribution in [1.29, 1.82) is 0 Å². The van der Waals surface area contributed by atoms with Crippen LogP contribution in [0.2, 0.25) is 0 Å². The number of carbonyl (C=O) groups excluding carboxylic acids is 1. The Bertz CT molecular complexity index is 220. The molecule has 4 heteroatoms. The van der Waals surface area contributed by atoms with Gasteiger partial charge in [0.25, 0.3) is 0 Å². The van der Waals surface area contributed by atoms with E-state index >= 15 is 0 Å². The molecule has 13 heavy (non-hydrogen) atoms. The highest BCUT2D eigenvalue weighted by atomic mass is 16.5. The van der Waals surface area contributed by atoms with E-state index in [1.165, 1.54) is 0 Å². The molecule has 0 saturated carbocycles. The molecule has 0 aromatic heterocycles. The number of carbonyl (C=O) groups is 1. The van der Waals surface area contributed by atoms with Gasteiger partial charge in [0.2, 0.25) is 5.91 Å². The minimum Gasteiger partial charge on any atom is -0.381 e. The standard InChI is InChI=1S/C9H16N2O2/c1-10-8(12)9-2-3-13-5-7(9)4-11-6-9/h7,11H,2-6H2,1H3,(H,10,12). The summed E-state index contributed by atoms with van der Waals surface area (Å²) in [6.45, 7) is 3.15. The highest BCUT2D eigenvalue weighted by Gasteiger charge is 2.50. The van der Waals surface area contributed by atoms with E-state index in [0.29, 0.717) is 12.5 Å². The number of hydrogen-bond donors (Lipinski definition) is 2. The van der Waals surface area contributed by atoms with Gasteiger partial charge in [-0.15, -0.1) is 0 Å². The lowest BCUT2D eigenvalue weighted by Gasteiger charge is -2.36. The highest BCUT2D eigenvalue weighted by Crippen LogP contribution is 2.38. The maximum absolute atomic E-state index is 11.8. The van der Waals surface area contributed by atoms with Gasteiger partial charge in [-0.25, -0.2) is 0 Å². The van der Waals surface area contributed by atoms with Crippen LogP contribution in [0, 0.1) is 11.3 Å². The van der Waals surface area contributed by atoms with Crippen LogP contribution in [0.4, 0.5) is 0 Å². The van der Waals surface area contributed by atoms with Crippen LogP contribution in [0.1, 0.15) is 6.42 Å². The topological polar surface area (TPSA) is 50.4 Å². The van der Waals surface area contributed by atoms with Gasteiger partial charge in [-0.1, -0.05) is 0 Å². The normalized spacial score (nSPS) is 38.4. The van der Waals surface area contributed by atoms with E-state index in [4.69, 9.17) is 4.74 Å². The van der Waals surface area contributed by atoms with Gasteiger partial charge < -0.3 is 15.4 Å². The van der Waals surface area contributed by atoms with Crippen LogP contribution in [0.25, 0.3) is 0 Å². The smallest absolute Gasteiger partial charge is 0.227 e. The zero-order valence-corrected chi connectivity index (χ0v) is 7.93. The molecule has 4 nitrogen and oxygen atoms in total. The lowest BCUT2D eigenvalue weighted by atomic mass is 9.74. The van der Waals surface area contributed by atoms with E-state index in [0.717, 1.165) is 26.1 Å². The minimum absolute atomic E-state index is 0.172. The summed E-state index contributed by atoms with van der Waals surface area (Å²) in [6, 6.07) is 0. The van der Waals surface area contributed by atoms with Gasteiger partial charge in [-0.2, -0.15) is 0 Å². The Morgan fingerprint density at radius 2 is 2.54 bits per heavy atom. The van der Waals surface area contributed by atoms with Crippen LogP contribution in [-0.4, -0.2) is 39.3 Å². The van der Waals surface area contributed by atoms with Gasteiger partial charge in [0.1, 0.15) is 0 Å². The molecule has 0 bridgehead atoms. The average molecular weight is 184 g/mol. The van der Waals surface area contributed by atoms with Crippen molar-refractivity contribution in [3.8, 4) is 0 Å². The summed E-state index contributed by atoms with van der Waals surface area (Å²) in [5.41, 5.74) is -0.187. The van der Waals surface area contributed by atoms with Crippen LogP contribution < -0.4 is 10.6 Å². The van der Waals surface area contributed by atoms with Gasteiger partial charge in [0.15, 0.2) is 0 Å². The van der Waals surface area contributed by atoms with Gasteiger partial charge in [-0.05, 0) is 6.42 Å². The van der Waals surface area contributed by atoms with Crippen molar-refractivity contribution in [2.24, 2.45) is 11.3 Å². The Balaban J connectivity index is 2.20. The van der Waals surface area contributed by atoms with Crippen molar-refractivity contribution in [2.75, 3.05) is 33.4 Å². The third kappa shape index (κ3) is 1.25. The summed E-state index contributed by atoms with van der Waals surface area (Å²) in [5, 5.41) is 6.04. The average Bonchev–Trinajstić information content (AvgIpc) is 2.61. The monoisotopic (exact) mass is 184 g/mol. The molecule has 2 aliphatic heterocycles. The predicted molar refractivity (Wildman–Crippen MR) is 48.3 cm³/mol. The second-order valence-corrected chi connectivity index (χ2v) is 3.89. The van der Waals surface area contributed by atoms with E-state index in [1.54, 1.807) is 7.05 Å². The first-order valence-electron chi connectivity index (χ1n) is 4.80. The molecule has 2 fully saturated rings.